The number of nitrogens with zero attached hydrogens (tertiary/aromatic N) is 2. The summed E-state index contributed by atoms with van der Waals surface area (Å²) in [6, 6.07) is 7.84. The van der Waals surface area contributed by atoms with Gasteiger partial charge < -0.3 is 14.4 Å². The summed E-state index contributed by atoms with van der Waals surface area (Å²) in [5, 5.41) is 15.7. The van der Waals surface area contributed by atoms with Gasteiger partial charge in [-0.15, -0.1) is 0 Å². The fourth-order valence-corrected chi connectivity index (χ4v) is 4.27. The van der Waals surface area contributed by atoms with E-state index < -0.39 is 17.5 Å². The van der Waals surface area contributed by atoms with Crippen LogP contribution < -0.4 is 0 Å². The fraction of sp³-hybridized carbons (Fsp3) is 0.364. The van der Waals surface area contributed by atoms with Crippen LogP contribution in [-0.4, -0.2) is 22.4 Å². The highest BCUT2D eigenvalue weighted by Crippen LogP contribution is 2.46. The third-order valence-corrected chi connectivity index (χ3v) is 5.89. The predicted octanol–water partition coefficient (Wildman–Crippen LogP) is 5.42. The molecule has 4 rings (SSSR count). The number of halogens is 2. The summed E-state index contributed by atoms with van der Waals surface area (Å²) in [6.45, 7) is 0. The second-order valence-corrected chi connectivity index (χ2v) is 7.78. The molecule has 2 heterocycles. The van der Waals surface area contributed by atoms with Crippen molar-refractivity contribution in [2.45, 2.75) is 43.8 Å². The van der Waals surface area contributed by atoms with E-state index >= 15 is 0 Å². The molecule has 29 heavy (non-hydrogen) atoms. The molecular weight excluding hydrogens is 395 g/mol. The van der Waals surface area contributed by atoms with Crippen LogP contribution in [0.15, 0.2) is 47.2 Å². The Kier molecular flexibility index (Phi) is 5.67. The summed E-state index contributed by atoms with van der Waals surface area (Å²) in [5.41, 5.74) is 0.722. The molecule has 0 aliphatic heterocycles. The van der Waals surface area contributed by atoms with Crippen molar-refractivity contribution in [1.82, 2.24) is 10.1 Å². The molecule has 3 aromatic rings. The molecule has 0 bridgehead atoms. The van der Waals surface area contributed by atoms with Gasteiger partial charge in [0, 0.05) is 35.7 Å². The zero-order valence-electron chi connectivity index (χ0n) is 16.1. The van der Waals surface area contributed by atoms with Gasteiger partial charge in [-0.05, 0) is 37.1 Å². The Labute approximate surface area is 173 Å². The Bertz CT molecular complexity index is 987. The summed E-state index contributed by atoms with van der Waals surface area (Å²) in [6.07, 6.45) is 6.65. The monoisotopic (exact) mass is 416 g/mol. The summed E-state index contributed by atoms with van der Waals surface area (Å²) >= 11 is 5.91. The van der Waals surface area contributed by atoms with Crippen molar-refractivity contribution in [2.75, 3.05) is 7.11 Å². The lowest BCUT2D eigenvalue weighted by Crippen LogP contribution is -2.32. The largest absolute Gasteiger partial charge is 0.383 e. The van der Waals surface area contributed by atoms with Crippen LogP contribution in [0.3, 0.4) is 0 Å². The summed E-state index contributed by atoms with van der Waals surface area (Å²) in [5.74, 6) is -0.0903. The Balaban J connectivity index is 1.92. The highest BCUT2D eigenvalue weighted by Gasteiger charge is 2.43. The molecule has 1 aliphatic rings. The molecule has 0 saturated heterocycles. The number of pyridine rings is 1. The van der Waals surface area contributed by atoms with Crippen LogP contribution >= 0.6 is 11.6 Å². The third-order valence-electron chi connectivity index (χ3n) is 5.65. The van der Waals surface area contributed by atoms with Crippen LogP contribution in [0.5, 0.6) is 0 Å². The van der Waals surface area contributed by atoms with Gasteiger partial charge in [-0.3, -0.25) is 4.98 Å². The second-order valence-electron chi connectivity index (χ2n) is 7.35. The van der Waals surface area contributed by atoms with Crippen molar-refractivity contribution in [3.05, 3.63) is 70.5 Å². The summed E-state index contributed by atoms with van der Waals surface area (Å²) in [7, 11) is 1.64. The number of aliphatic hydroxyl groups is 1. The van der Waals surface area contributed by atoms with Crippen LogP contribution in [-0.2, 0) is 10.3 Å². The first-order chi connectivity index (χ1) is 14.1. The van der Waals surface area contributed by atoms with Crippen molar-refractivity contribution in [2.24, 2.45) is 0 Å². The lowest BCUT2D eigenvalue weighted by atomic mass is 9.79. The zero-order valence-corrected chi connectivity index (χ0v) is 16.8. The van der Waals surface area contributed by atoms with E-state index in [1.54, 1.807) is 43.8 Å². The topological polar surface area (TPSA) is 68.4 Å². The Hall–Kier alpha value is -2.28. The Morgan fingerprint density at radius 3 is 2.69 bits per heavy atom. The molecule has 0 spiro atoms. The van der Waals surface area contributed by atoms with Gasteiger partial charge in [-0.1, -0.05) is 42.1 Å². The van der Waals surface area contributed by atoms with Crippen LogP contribution in [0, 0.1) is 5.82 Å². The van der Waals surface area contributed by atoms with Crippen molar-refractivity contribution in [3.63, 3.8) is 0 Å². The lowest BCUT2D eigenvalue weighted by Gasteiger charge is -2.34. The molecular formula is C22H22ClFN2O3. The van der Waals surface area contributed by atoms with Gasteiger partial charge in [-0.2, -0.15) is 0 Å². The number of benzene rings is 1. The molecule has 1 fully saturated rings. The van der Waals surface area contributed by atoms with Crippen molar-refractivity contribution < 1.29 is 18.8 Å². The number of hydrogen-bond donors (Lipinski definition) is 1. The first-order valence-corrected chi connectivity index (χ1v) is 10.0. The summed E-state index contributed by atoms with van der Waals surface area (Å²) < 4.78 is 26.4. The Morgan fingerprint density at radius 1 is 1.24 bits per heavy atom. The van der Waals surface area contributed by atoms with Gasteiger partial charge in [0.05, 0.1) is 5.56 Å². The number of hydrogen-bond acceptors (Lipinski definition) is 5. The van der Waals surface area contributed by atoms with E-state index in [4.69, 9.17) is 20.9 Å². The van der Waals surface area contributed by atoms with E-state index in [1.807, 2.05) is 0 Å². The third kappa shape index (κ3) is 3.68. The summed E-state index contributed by atoms with van der Waals surface area (Å²) in [4.78, 5) is 4.09. The number of methoxy groups -OCH3 is 1. The van der Waals surface area contributed by atoms with Gasteiger partial charge in [0.15, 0.2) is 5.76 Å². The first kappa shape index (κ1) is 20.0. The predicted molar refractivity (Wildman–Crippen MR) is 107 cm³/mol. The highest BCUT2D eigenvalue weighted by molar-refractivity contribution is 6.30. The minimum absolute atomic E-state index is 0.212. The molecule has 1 N–H and O–H groups in total. The van der Waals surface area contributed by atoms with E-state index in [0.29, 0.717) is 16.9 Å². The highest BCUT2D eigenvalue weighted by atomic mass is 35.5. The molecule has 1 atom stereocenters. The van der Waals surface area contributed by atoms with Crippen LogP contribution in [0.2, 0.25) is 5.02 Å². The van der Waals surface area contributed by atoms with Gasteiger partial charge in [0.25, 0.3) is 0 Å². The van der Waals surface area contributed by atoms with Gasteiger partial charge in [0.2, 0.25) is 0 Å². The van der Waals surface area contributed by atoms with E-state index in [2.05, 4.69) is 10.1 Å². The van der Waals surface area contributed by atoms with Crippen molar-refractivity contribution in [3.8, 4) is 11.3 Å². The van der Waals surface area contributed by atoms with Gasteiger partial charge in [-0.25, -0.2) is 4.39 Å². The number of aromatic nitrogens is 2. The number of aliphatic hydroxyl groups excluding tert-OH is 1. The van der Waals surface area contributed by atoms with Gasteiger partial charge in [0.1, 0.15) is 23.2 Å². The average molecular weight is 417 g/mol. The fourth-order valence-electron chi connectivity index (χ4n) is 4.11. The maximum Gasteiger partial charge on any atom is 0.175 e. The SMILES string of the molecule is COC1(c2onc(-c3ccc(Cl)cc3F)c2C(O)c2cccnc2)CCCCC1. The first-order valence-electron chi connectivity index (χ1n) is 9.64. The van der Waals surface area contributed by atoms with E-state index in [0.717, 1.165) is 32.1 Å². The number of rotatable bonds is 5. The molecule has 0 radical (unpaired) electrons. The minimum Gasteiger partial charge on any atom is -0.383 e. The molecule has 5 nitrogen and oxygen atoms in total. The quantitative estimate of drug-likeness (QED) is 0.601. The standard InChI is InChI=1S/C22H22ClFN2O3/c1-28-22(9-3-2-4-10-22)21-18(20(27)14-6-5-11-25-13-14)19(26-29-21)16-8-7-15(23)12-17(16)24/h5-8,11-13,20,27H,2-4,9-10H2,1H3. The Morgan fingerprint density at radius 2 is 2.03 bits per heavy atom. The maximum atomic E-state index is 14.7. The van der Waals surface area contributed by atoms with Crippen molar-refractivity contribution in [1.29, 1.82) is 0 Å². The average Bonchev–Trinajstić information content (AvgIpc) is 3.19. The van der Waals surface area contributed by atoms with Crippen LogP contribution in [0.1, 0.15) is 55.1 Å². The molecule has 152 valence electrons. The normalized spacial score (nSPS) is 17.2. The van der Waals surface area contributed by atoms with E-state index in [1.165, 1.54) is 6.07 Å². The molecule has 7 heteroatoms. The second kappa shape index (κ2) is 8.22. The van der Waals surface area contributed by atoms with Crippen LogP contribution in [0.25, 0.3) is 11.3 Å². The maximum absolute atomic E-state index is 14.7. The molecule has 1 aliphatic carbocycles. The van der Waals surface area contributed by atoms with Gasteiger partial charge >= 0.3 is 0 Å². The zero-order chi connectivity index (χ0) is 20.4. The lowest BCUT2D eigenvalue weighted by molar-refractivity contribution is -0.0652. The van der Waals surface area contributed by atoms with E-state index in [9.17, 15) is 9.50 Å². The molecule has 1 aromatic carbocycles. The van der Waals surface area contributed by atoms with Crippen LogP contribution in [0.4, 0.5) is 4.39 Å². The minimum atomic E-state index is -1.09. The smallest absolute Gasteiger partial charge is 0.175 e. The van der Waals surface area contributed by atoms with Crippen molar-refractivity contribution >= 4 is 11.6 Å². The van der Waals surface area contributed by atoms with E-state index in [-0.39, 0.29) is 16.3 Å². The molecule has 0 amide bonds. The molecule has 2 aromatic heterocycles. The molecule has 1 saturated carbocycles. The molecule has 1 unspecified atom stereocenters. The number of ether oxygens (including phenoxy) is 1.